The van der Waals surface area contributed by atoms with E-state index in [9.17, 15) is 14.7 Å². The SMILES string of the molecule is CCCCc1cn(C2C(C)CCCCCC2C(=O)O)c(=O)n1Cc1ccc(-c2ccccc2-c2nnn[nH]2)nc1. The van der Waals surface area contributed by atoms with E-state index in [0.29, 0.717) is 18.8 Å². The first-order valence-electron chi connectivity index (χ1n) is 14.3. The summed E-state index contributed by atoms with van der Waals surface area (Å²) < 4.78 is 3.55. The number of tetrazole rings is 1. The molecule has 2 N–H and O–H groups in total. The normalized spacial score (nSPS) is 19.7. The molecule has 5 rings (SSSR count). The molecule has 3 atom stereocenters. The standard InChI is InChI=1S/C30H37N7O3/c1-3-4-11-22-19-37(27-20(2)10-6-5-7-14-25(27)29(38)39)30(40)36(22)18-21-15-16-26(31-17-21)23-12-8-9-13-24(23)28-32-34-35-33-28/h8-9,12-13,15-17,19-20,25,27H,3-7,10-11,14,18H2,1-2H3,(H,38,39)(H,32,33,34,35). The minimum Gasteiger partial charge on any atom is -0.481 e. The van der Waals surface area contributed by atoms with Gasteiger partial charge in [0.2, 0.25) is 0 Å². The number of H-pyrrole nitrogens is 1. The largest absolute Gasteiger partial charge is 0.481 e. The van der Waals surface area contributed by atoms with Crippen molar-refractivity contribution in [3.63, 3.8) is 0 Å². The Labute approximate surface area is 233 Å². The van der Waals surface area contributed by atoms with E-state index in [2.05, 4.69) is 34.5 Å². The van der Waals surface area contributed by atoms with E-state index in [1.807, 2.05) is 47.2 Å². The topological polar surface area (TPSA) is 132 Å². The fourth-order valence-corrected chi connectivity index (χ4v) is 6.02. The Morgan fingerprint density at radius 1 is 1.10 bits per heavy atom. The molecule has 10 nitrogen and oxygen atoms in total. The van der Waals surface area contributed by atoms with Gasteiger partial charge in [-0.3, -0.25) is 18.9 Å². The Bertz CT molecular complexity index is 1470. The molecular weight excluding hydrogens is 506 g/mol. The second-order valence-electron chi connectivity index (χ2n) is 10.9. The number of hydrogen-bond acceptors (Lipinski definition) is 6. The number of aliphatic carboxylic acids is 1. The summed E-state index contributed by atoms with van der Waals surface area (Å²) in [4.78, 5) is 31.0. The van der Waals surface area contributed by atoms with Crippen LogP contribution in [0.15, 0.2) is 53.6 Å². The number of hydrogen-bond donors (Lipinski definition) is 2. The number of nitrogens with one attached hydrogen (secondary N) is 1. The Morgan fingerprint density at radius 3 is 2.60 bits per heavy atom. The van der Waals surface area contributed by atoms with Crippen LogP contribution in [-0.4, -0.2) is 45.8 Å². The first-order valence-corrected chi connectivity index (χ1v) is 14.3. The number of aromatic nitrogens is 7. The smallest absolute Gasteiger partial charge is 0.328 e. The van der Waals surface area contributed by atoms with E-state index in [4.69, 9.17) is 4.98 Å². The highest BCUT2D eigenvalue weighted by molar-refractivity contribution is 5.78. The molecule has 0 bridgehead atoms. The van der Waals surface area contributed by atoms with Gasteiger partial charge in [0.05, 0.1) is 24.2 Å². The summed E-state index contributed by atoms with van der Waals surface area (Å²) in [7, 11) is 0. The molecule has 0 saturated heterocycles. The number of pyridine rings is 1. The van der Waals surface area contributed by atoms with Crippen LogP contribution in [-0.2, 0) is 17.8 Å². The Hall–Kier alpha value is -4.08. The van der Waals surface area contributed by atoms with Crippen molar-refractivity contribution >= 4 is 5.97 Å². The molecule has 0 amide bonds. The maximum Gasteiger partial charge on any atom is 0.328 e. The van der Waals surface area contributed by atoms with Crippen molar-refractivity contribution in [2.75, 3.05) is 0 Å². The van der Waals surface area contributed by atoms with Crippen LogP contribution in [0.4, 0.5) is 0 Å². The van der Waals surface area contributed by atoms with E-state index in [1.54, 1.807) is 10.8 Å². The lowest BCUT2D eigenvalue weighted by Crippen LogP contribution is -2.38. The van der Waals surface area contributed by atoms with E-state index >= 15 is 0 Å². The summed E-state index contributed by atoms with van der Waals surface area (Å²) in [6, 6.07) is 11.4. The lowest BCUT2D eigenvalue weighted by atomic mass is 9.80. The molecule has 3 heterocycles. The summed E-state index contributed by atoms with van der Waals surface area (Å²) in [5, 5.41) is 24.3. The van der Waals surface area contributed by atoms with Gasteiger partial charge in [0, 0.05) is 29.2 Å². The molecule has 40 heavy (non-hydrogen) atoms. The van der Waals surface area contributed by atoms with Gasteiger partial charge >= 0.3 is 11.7 Å². The second-order valence-corrected chi connectivity index (χ2v) is 10.9. The summed E-state index contributed by atoms with van der Waals surface area (Å²) in [6.07, 6.45) is 11.0. The zero-order chi connectivity index (χ0) is 28.1. The zero-order valence-electron chi connectivity index (χ0n) is 23.2. The third-order valence-electron chi connectivity index (χ3n) is 8.15. The third kappa shape index (κ3) is 5.76. The minimum absolute atomic E-state index is 0.106. The molecule has 0 aliphatic heterocycles. The predicted molar refractivity (Wildman–Crippen MR) is 152 cm³/mol. The number of imidazole rings is 1. The third-order valence-corrected chi connectivity index (χ3v) is 8.15. The fraction of sp³-hybridized carbons (Fsp3) is 0.467. The average molecular weight is 544 g/mol. The molecule has 4 aromatic rings. The van der Waals surface area contributed by atoms with Crippen LogP contribution in [0.5, 0.6) is 0 Å². The lowest BCUT2D eigenvalue weighted by Gasteiger charge is -2.32. The molecule has 1 saturated carbocycles. The zero-order valence-corrected chi connectivity index (χ0v) is 23.2. The summed E-state index contributed by atoms with van der Waals surface area (Å²) in [5.74, 6) is -0.703. The number of unbranched alkanes of at least 4 members (excludes halogenated alkanes) is 1. The first kappa shape index (κ1) is 27.5. The molecule has 3 aromatic heterocycles. The molecule has 0 radical (unpaired) electrons. The molecule has 1 aliphatic carbocycles. The molecule has 1 aliphatic rings. The highest BCUT2D eigenvalue weighted by Gasteiger charge is 2.36. The van der Waals surface area contributed by atoms with Crippen molar-refractivity contribution in [1.82, 2.24) is 34.7 Å². The fourth-order valence-electron chi connectivity index (χ4n) is 6.02. The van der Waals surface area contributed by atoms with Crippen LogP contribution in [0.1, 0.15) is 76.1 Å². The van der Waals surface area contributed by atoms with Crippen molar-refractivity contribution in [1.29, 1.82) is 0 Å². The van der Waals surface area contributed by atoms with E-state index in [0.717, 1.165) is 73.0 Å². The number of nitrogens with zero attached hydrogens (tertiary/aromatic N) is 6. The van der Waals surface area contributed by atoms with Gasteiger partial charge in [-0.05, 0) is 53.7 Å². The van der Waals surface area contributed by atoms with Crippen LogP contribution in [0.2, 0.25) is 0 Å². The molecule has 10 heteroatoms. The molecule has 1 fully saturated rings. The maximum atomic E-state index is 13.9. The van der Waals surface area contributed by atoms with Gasteiger partial charge in [-0.25, -0.2) is 9.89 Å². The van der Waals surface area contributed by atoms with Gasteiger partial charge in [-0.1, -0.05) is 69.9 Å². The van der Waals surface area contributed by atoms with Crippen LogP contribution in [0, 0.1) is 11.8 Å². The first-order chi connectivity index (χ1) is 19.5. The van der Waals surface area contributed by atoms with Crippen molar-refractivity contribution in [2.24, 2.45) is 11.8 Å². The molecular formula is C30H37N7O3. The Balaban J connectivity index is 1.47. The number of carboxylic acids is 1. The quantitative estimate of drug-likeness (QED) is 0.299. The van der Waals surface area contributed by atoms with Crippen LogP contribution in [0.3, 0.4) is 0 Å². The molecule has 210 valence electrons. The van der Waals surface area contributed by atoms with E-state index < -0.39 is 11.9 Å². The second kappa shape index (κ2) is 12.4. The van der Waals surface area contributed by atoms with Gasteiger partial charge in [-0.15, -0.1) is 5.10 Å². The molecule has 3 unspecified atom stereocenters. The molecule has 0 spiro atoms. The number of carboxylic acid groups (broad SMARTS) is 1. The van der Waals surface area contributed by atoms with Crippen molar-refractivity contribution < 1.29 is 9.90 Å². The summed E-state index contributed by atoms with van der Waals surface area (Å²) in [5.41, 5.74) is 4.24. The number of benzene rings is 1. The van der Waals surface area contributed by atoms with Crippen LogP contribution < -0.4 is 5.69 Å². The maximum absolute atomic E-state index is 13.9. The van der Waals surface area contributed by atoms with E-state index in [-0.39, 0.29) is 17.6 Å². The number of aromatic amines is 1. The van der Waals surface area contributed by atoms with Crippen molar-refractivity contribution in [3.05, 3.63) is 70.5 Å². The van der Waals surface area contributed by atoms with Gasteiger partial charge in [-0.2, -0.15) is 0 Å². The van der Waals surface area contributed by atoms with Crippen molar-refractivity contribution in [3.8, 4) is 22.6 Å². The average Bonchev–Trinajstić information content (AvgIpc) is 3.59. The van der Waals surface area contributed by atoms with Crippen LogP contribution >= 0.6 is 0 Å². The molecule has 1 aromatic carbocycles. The Kier molecular flexibility index (Phi) is 8.52. The lowest BCUT2D eigenvalue weighted by molar-refractivity contribution is -0.144. The van der Waals surface area contributed by atoms with Gasteiger partial charge < -0.3 is 5.11 Å². The predicted octanol–water partition coefficient (Wildman–Crippen LogP) is 5.12. The Morgan fingerprint density at radius 2 is 1.90 bits per heavy atom. The highest BCUT2D eigenvalue weighted by atomic mass is 16.4. The number of aryl methyl sites for hydroxylation is 1. The van der Waals surface area contributed by atoms with Crippen LogP contribution in [0.25, 0.3) is 22.6 Å². The van der Waals surface area contributed by atoms with Gasteiger partial charge in [0.15, 0.2) is 5.82 Å². The van der Waals surface area contributed by atoms with E-state index in [1.165, 1.54) is 0 Å². The summed E-state index contributed by atoms with van der Waals surface area (Å²) >= 11 is 0. The van der Waals surface area contributed by atoms with Crippen molar-refractivity contribution in [2.45, 2.75) is 77.8 Å². The van der Waals surface area contributed by atoms with Gasteiger partial charge in [0.25, 0.3) is 0 Å². The number of rotatable bonds is 9. The number of carbonyl (C=O) groups is 1. The summed E-state index contributed by atoms with van der Waals surface area (Å²) in [6.45, 7) is 4.60. The highest BCUT2D eigenvalue weighted by Crippen LogP contribution is 2.36. The monoisotopic (exact) mass is 543 g/mol. The van der Waals surface area contributed by atoms with Gasteiger partial charge in [0.1, 0.15) is 0 Å². The minimum atomic E-state index is -0.810.